The van der Waals surface area contributed by atoms with E-state index in [1.54, 1.807) is 12.1 Å². The minimum Gasteiger partial charge on any atom is -0.334 e. The fourth-order valence-electron chi connectivity index (χ4n) is 3.21. The summed E-state index contributed by atoms with van der Waals surface area (Å²) in [5.41, 5.74) is 1.70. The number of aryl methyl sites for hydroxylation is 3. The summed E-state index contributed by atoms with van der Waals surface area (Å²) in [6.45, 7) is 2.41. The lowest BCUT2D eigenvalue weighted by molar-refractivity contribution is -0.141. The maximum Gasteiger partial charge on any atom is 0.435 e. The Kier molecular flexibility index (Phi) is 3.67. The number of benzene rings is 1. The molecule has 0 unspecified atom stereocenters. The molecule has 0 saturated carbocycles. The van der Waals surface area contributed by atoms with Crippen LogP contribution in [0.3, 0.4) is 0 Å². The Balaban J connectivity index is 1.63. The zero-order valence-corrected chi connectivity index (χ0v) is 13.7. The molecule has 130 valence electrons. The van der Waals surface area contributed by atoms with Gasteiger partial charge in [-0.25, -0.2) is 9.67 Å². The zero-order chi connectivity index (χ0) is 17.6. The first kappa shape index (κ1) is 15.9. The third-order valence-electron chi connectivity index (χ3n) is 4.50. The lowest BCUT2D eigenvalue weighted by atomic mass is 10.1. The number of fused-ring (bicyclic) bond motifs is 1. The Hall–Kier alpha value is -2.57. The van der Waals surface area contributed by atoms with Crippen LogP contribution in [0.5, 0.6) is 0 Å². The van der Waals surface area contributed by atoms with Gasteiger partial charge in [-0.15, -0.1) is 0 Å². The number of hydrogen-bond donors (Lipinski definition) is 0. The molecule has 0 fully saturated rings. The van der Waals surface area contributed by atoms with Gasteiger partial charge in [-0.1, -0.05) is 12.1 Å². The van der Waals surface area contributed by atoms with Crippen molar-refractivity contribution in [3.63, 3.8) is 0 Å². The normalized spacial score (nSPS) is 14.6. The van der Waals surface area contributed by atoms with Gasteiger partial charge in [0.2, 0.25) is 0 Å². The number of nitrogens with zero attached hydrogens (tertiary/aromatic N) is 4. The van der Waals surface area contributed by atoms with Gasteiger partial charge in [0.05, 0.1) is 11.4 Å². The minimum atomic E-state index is -4.44. The smallest absolute Gasteiger partial charge is 0.334 e. The molecule has 0 spiro atoms. The van der Waals surface area contributed by atoms with E-state index in [4.69, 9.17) is 0 Å². The lowest BCUT2D eigenvalue weighted by Gasteiger charge is -2.11. The van der Waals surface area contributed by atoms with Gasteiger partial charge in [0.15, 0.2) is 5.69 Å². The van der Waals surface area contributed by atoms with E-state index in [9.17, 15) is 13.2 Å². The molecule has 1 aliphatic rings. The average Bonchev–Trinajstić information content (AvgIpc) is 3.18. The highest BCUT2D eigenvalue weighted by molar-refractivity contribution is 5.60. The number of hydrogen-bond acceptors (Lipinski definition) is 2. The third-order valence-corrected chi connectivity index (χ3v) is 4.50. The van der Waals surface area contributed by atoms with Gasteiger partial charge in [0.1, 0.15) is 5.82 Å². The van der Waals surface area contributed by atoms with E-state index in [0.717, 1.165) is 36.5 Å². The van der Waals surface area contributed by atoms with E-state index in [0.29, 0.717) is 5.69 Å². The summed E-state index contributed by atoms with van der Waals surface area (Å²) < 4.78 is 42.1. The number of aromatic nitrogens is 4. The molecule has 3 heterocycles. The highest BCUT2D eigenvalue weighted by atomic mass is 19.4. The Bertz CT molecular complexity index is 880. The van der Waals surface area contributed by atoms with Crippen LogP contribution in [0.15, 0.2) is 36.7 Å². The molecule has 0 N–H and O–H groups in total. The molecule has 7 heteroatoms. The molecule has 0 radical (unpaired) electrons. The Morgan fingerprint density at radius 1 is 1.04 bits per heavy atom. The van der Waals surface area contributed by atoms with Crippen molar-refractivity contribution in [2.24, 2.45) is 0 Å². The number of alkyl halides is 3. The van der Waals surface area contributed by atoms with Gasteiger partial charge in [0.25, 0.3) is 0 Å². The van der Waals surface area contributed by atoms with E-state index >= 15 is 0 Å². The van der Waals surface area contributed by atoms with Crippen molar-refractivity contribution in [3.05, 3.63) is 53.7 Å². The standard InChI is InChI=1S/C18H17F3N4/c1-12-10-25(23-17(12)18(19,20)21)14-7-5-13(6-8-14)15-11-24-9-3-2-4-16(24)22-15/h5-8,10-11H,2-4,9H2,1H3. The Morgan fingerprint density at radius 3 is 2.44 bits per heavy atom. The summed E-state index contributed by atoms with van der Waals surface area (Å²) in [4.78, 5) is 4.67. The van der Waals surface area contributed by atoms with E-state index in [1.807, 2.05) is 18.3 Å². The largest absolute Gasteiger partial charge is 0.435 e. The van der Waals surface area contributed by atoms with E-state index in [-0.39, 0.29) is 5.56 Å². The number of halogens is 3. The van der Waals surface area contributed by atoms with Gasteiger partial charge < -0.3 is 4.57 Å². The molecule has 0 atom stereocenters. The van der Waals surface area contributed by atoms with Gasteiger partial charge >= 0.3 is 6.18 Å². The summed E-state index contributed by atoms with van der Waals surface area (Å²) >= 11 is 0. The molecule has 0 amide bonds. The fraction of sp³-hybridized carbons (Fsp3) is 0.333. The van der Waals surface area contributed by atoms with Crippen LogP contribution in [0.2, 0.25) is 0 Å². The molecule has 2 aromatic heterocycles. The van der Waals surface area contributed by atoms with Crippen molar-refractivity contribution < 1.29 is 13.2 Å². The van der Waals surface area contributed by atoms with Gasteiger partial charge in [0, 0.05) is 30.9 Å². The maximum absolute atomic E-state index is 12.9. The van der Waals surface area contributed by atoms with Crippen molar-refractivity contribution in [2.45, 2.75) is 38.9 Å². The Morgan fingerprint density at radius 2 is 1.80 bits per heavy atom. The summed E-state index contributed by atoms with van der Waals surface area (Å²) in [5.74, 6) is 1.10. The van der Waals surface area contributed by atoms with Crippen LogP contribution in [-0.2, 0) is 19.1 Å². The minimum absolute atomic E-state index is 0.110. The van der Waals surface area contributed by atoms with Crippen LogP contribution in [-0.4, -0.2) is 19.3 Å². The van der Waals surface area contributed by atoms with Crippen LogP contribution in [0.4, 0.5) is 13.2 Å². The Labute approximate surface area is 142 Å². The molecule has 0 saturated heterocycles. The molecule has 4 nitrogen and oxygen atoms in total. The molecule has 1 aliphatic heterocycles. The number of rotatable bonds is 2. The van der Waals surface area contributed by atoms with E-state index in [2.05, 4.69) is 14.6 Å². The maximum atomic E-state index is 12.9. The second-order valence-electron chi connectivity index (χ2n) is 6.34. The second-order valence-corrected chi connectivity index (χ2v) is 6.34. The summed E-state index contributed by atoms with van der Waals surface area (Å²) in [7, 11) is 0. The van der Waals surface area contributed by atoms with Crippen LogP contribution in [0, 0.1) is 6.92 Å². The van der Waals surface area contributed by atoms with Crippen molar-refractivity contribution in [1.82, 2.24) is 19.3 Å². The van der Waals surface area contributed by atoms with Gasteiger partial charge in [-0.3, -0.25) is 0 Å². The number of imidazole rings is 1. The van der Waals surface area contributed by atoms with Gasteiger partial charge in [-0.05, 0) is 37.5 Å². The summed E-state index contributed by atoms with van der Waals surface area (Å²) in [6, 6.07) is 7.27. The van der Waals surface area contributed by atoms with Crippen LogP contribution in [0.1, 0.15) is 29.9 Å². The first-order valence-corrected chi connectivity index (χ1v) is 8.22. The van der Waals surface area contributed by atoms with Crippen molar-refractivity contribution in [1.29, 1.82) is 0 Å². The van der Waals surface area contributed by atoms with Crippen molar-refractivity contribution in [3.8, 4) is 16.9 Å². The zero-order valence-electron chi connectivity index (χ0n) is 13.7. The second kappa shape index (κ2) is 5.75. The molecule has 0 bridgehead atoms. The molecule has 4 rings (SSSR count). The van der Waals surface area contributed by atoms with E-state index < -0.39 is 11.9 Å². The van der Waals surface area contributed by atoms with Crippen molar-refractivity contribution in [2.75, 3.05) is 0 Å². The topological polar surface area (TPSA) is 35.6 Å². The van der Waals surface area contributed by atoms with E-state index in [1.165, 1.54) is 24.2 Å². The predicted molar refractivity (Wildman–Crippen MR) is 87.5 cm³/mol. The quantitative estimate of drug-likeness (QED) is 0.689. The third kappa shape index (κ3) is 2.94. The first-order chi connectivity index (χ1) is 11.9. The van der Waals surface area contributed by atoms with Crippen LogP contribution in [0.25, 0.3) is 16.9 Å². The SMILES string of the molecule is Cc1cn(-c2ccc(-c3cn4c(n3)CCCC4)cc2)nc1C(F)(F)F. The molecule has 1 aromatic carbocycles. The monoisotopic (exact) mass is 346 g/mol. The first-order valence-electron chi connectivity index (χ1n) is 8.22. The lowest BCUT2D eigenvalue weighted by Crippen LogP contribution is -2.08. The van der Waals surface area contributed by atoms with Crippen LogP contribution < -0.4 is 0 Å². The molecule has 3 aromatic rings. The van der Waals surface area contributed by atoms with Crippen molar-refractivity contribution >= 4 is 0 Å². The molecule has 25 heavy (non-hydrogen) atoms. The van der Waals surface area contributed by atoms with Crippen LogP contribution >= 0.6 is 0 Å². The molecular formula is C18H17F3N4. The van der Waals surface area contributed by atoms with Gasteiger partial charge in [-0.2, -0.15) is 18.3 Å². The highest BCUT2D eigenvalue weighted by Crippen LogP contribution is 2.31. The molecule has 0 aliphatic carbocycles. The summed E-state index contributed by atoms with van der Waals surface area (Å²) in [5, 5.41) is 3.68. The predicted octanol–water partition coefficient (Wildman–Crippen LogP) is 4.40. The molecular weight excluding hydrogens is 329 g/mol. The summed E-state index contributed by atoms with van der Waals surface area (Å²) in [6.07, 6.45) is 2.32. The average molecular weight is 346 g/mol. The highest BCUT2D eigenvalue weighted by Gasteiger charge is 2.36. The fourth-order valence-corrected chi connectivity index (χ4v) is 3.21.